The van der Waals surface area contributed by atoms with Crippen molar-refractivity contribution in [2.75, 3.05) is 27.4 Å². The molecule has 3 N–H and O–H groups in total. The third kappa shape index (κ3) is 3.88. The van der Waals surface area contributed by atoms with E-state index < -0.39 is 23.5 Å². The van der Waals surface area contributed by atoms with Crippen LogP contribution in [0.2, 0.25) is 5.02 Å². The Kier molecular flexibility index (Phi) is 6.57. The zero-order valence-electron chi connectivity index (χ0n) is 22.7. The molecule has 0 bridgehead atoms. The molecule has 1 aliphatic heterocycles. The van der Waals surface area contributed by atoms with Gasteiger partial charge >= 0.3 is 0 Å². The van der Waals surface area contributed by atoms with Gasteiger partial charge in [0.25, 0.3) is 0 Å². The fraction of sp³-hybridized carbons (Fsp3) is 0.621. The van der Waals surface area contributed by atoms with E-state index in [1.165, 1.54) is 6.42 Å². The van der Waals surface area contributed by atoms with Gasteiger partial charge in [0.1, 0.15) is 23.0 Å². The first kappa shape index (κ1) is 26.7. The highest BCUT2D eigenvalue weighted by atomic mass is 35.5. The van der Waals surface area contributed by atoms with E-state index in [9.17, 15) is 19.5 Å². The molecule has 0 aromatic heterocycles. The van der Waals surface area contributed by atoms with E-state index in [2.05, 4.69) is 11.8 Å². The molecule has 6 rings (SSSR count). The molecule has 5 aliphatic rings. The van der Waals surface area contributed by atoms with Gasteiger partial charge in [0.2, 0.25) is 5.91 Å². The van der Waals surface area contributed by atoms with E-state index in [4.69, 9.17) is 26.8 Å². The van der Waals surface area contributed by atoms with Crippen LogP contribution in [0.4, 0.5) is 0 Å². The largest absolute Gasteiger partial charge is 0.507 e. The predicted octanol–water partition coefficient (Wildman–Crippen LogP) is 2.80. The Morgan fingerprint density at radius 2 is 2.03 bits per heavy atom. The molecular formula is C29H36ClN3O6. The van der Waals surface area contributed by atoms with Crippen molar-refractivity contribution in [3.8, 4) is 5.75 Å². The molecular weight excluding hydrogens is 522 g/mol. The van der Waals surface area contributed by atoms with Gasteiger partial charge in [-0.15, -0.1) is 0 Å². The summed E-state index contributed by atoms with van der Waals surface area (Å²) in [4.78, 5) is 44.1. The topological polar surface area (TPSA) is 122 Å². The summed E-state index contributed by atoms with van der Waals surface area (Å²) in [6, 6.07) is 1.52. The Morgan fingerprint density at radius 3 is 2.64 bits per heavy atom. The summed E-state index contributed by atoms with van der Waals surface area (Å²) in [7, 11) is 3.61. The summed E-state index contributed by atoms with van der Waals surface area (Å²) in [6.07, 6.45) is 4.52. The number of carbonyl (C=O) groups is 3. The summed E-state index contributed by atoms with van der Waals surface area (Å²) in [6.45, 7) is 3.54. The average Bonchev–Trinajstić information content (AvgIpc) is 3.27. The second kappa shape index (κ2) is 9.58. The minimum atomic E-state index is -1.11. The van der Waals surface area contributed by atoms with E-state index in [-0.39, 0.29) is 47.9 Å². The van der Waals surface area contributed by atoms with E-state index in [0.29, 0.717) is 47.3 Å². The third-order valence-corrected chi connectivity index (χ3v) is 10.3. The zero-order valence-corrected chi connectivity index (χ0v) is 23.4. The number of primary amides is 1. The number of halogens is 1. The minimum absolute atomic E-state index is 0.0432. The lowest BCUT2D eigenvalue weighted by molar-refractivity contribution is -0.156. The van der Waals surface area contributed by atoms with Crippen LogP contribution in [0.25, 0.3) is 0 Å². The van der Waals surface area contributed by atoms with Crippen LogP contribution in [0.3, 0.4) is 0 Å². The second-order valence-electron chi connectivity index (χ2n) is 12.0. The van der Waals surface area contributed by atoms with Crippen molar-refractivity contribution in [2.24, 2.45) is 23.5 Å². The number of benzene rings is 1. The van der Waals surface area contributed by atoms with Crippen molar-refractivity contribution in [2.45, 2.75) is 69.7 Å². The Morgan fingerprint density at radius 1 is 1.28 bits per heavy atom. The number of nitrogens with two attached hydrogens (primary N) is 1. The molecule has 4 aliphatic carbocycles. The predicted molar refractivity (Wildman–Crippen MR) is 143 cm³/mol. The molecule has 1 amide bonds. The Hall–Kier alpha value is -2.46. The van der Waals surface area contributed by atoms with Crippen LogP contribution in [-0.4, -0.2) is 77.5 Å². The lowest BCUT2D eigenvalue weighted by Crippen LogP contribution is -2.64. The SMILES string of the molecule is CCN(Cc1cc(O)c2c(c1Cl)CC1CC3C(N(C)C)C(=O)C(C(N)=O)CC34OCOC4=C1C2=O)C1CCC1. The number of fused-ring (bicyclic) bond motifs is 2. The molecule has 1 heterocycles. The monoisotopic (exact) mass is 557 g/mol. The summed E-state index contributed by atoms with van der Waals surface area (Å²) in [5.74, 6) is -2.60. The van der Waals surface area contributed by atoms with E-state index >= 15 is 0 Å². The smallest absolute Gasteiger partial charge is 0.228 e. The average molecular weight is 558 g/mol. The standard InChI is InChI=1S/C29H36ClN3O6/c1-4-33(16-6-5-7-16)12-15-10-20(34)22-17(23(15)30)8-14-9-19-24(32(2)3)25(35)18(28(31)37)11-29(19)27(38-13-39-29)21(14)26(22)36/h10,14,16,18-19,24,34H,4-9,11-13H2,1-3H3,(H2,31,37). The normalized spacial score (nSPS) is 31.9. The van der Waals surface area contributed by atoms with E-state index in [0.717, 1.165) is 24.9 Å². The van der Waals surface area contributed by atoms with E-state index in [1.54, 1.807) is 20.2 Å². The first-order valence-electron chi connectivity index (χ1n) is 13.9. The number of hydrogen-bond acceptors (Lipinski definition) is 8. The highest BCUT2D eigenvalue weighted by Crippen LogP contribution is 2.58. The van der Waals surface area contributed by atoms with Crippen molar-refractivity contribution in [1.82, 2.24) is 9.80 Å². The van der Waals surface area contributed by atoms with Gasteiger partial charge in [0.15, 0.2) is 18.4 Å². The van der Waals surface area contributed by atoms with Gasteiger partial charge < -0.3 is 20.3 Å². The van der Waals surface area contributed by atoms with Gasteiger partial charge in [-0.3, -0.25) is 24.2 Å². The van der Waals surface area contributed by atoms with Crippen LogP contribution in [0.1, 0.15) is 60.5 Å². The highest BCUT2D eigenvalue weighted by molar-refractivity contribution is 6.33. The van der Waals surface area contributed by atoms with Gasteiger partial charge in [0, 0.05) is 35.5 Å². The zero-order chi connectivity index (χ0) is 27.8. The number of rotatable bonds is 6. The summed E-state index contributed by atoms with van der Waals surface area (Å²) >= 11 is 6.99. The molecule has 1 aromatic rings. The number of nitrogens with zero attached hydrogens (tertiary/aromatic N) is 2. The van der Waals surface area contributed by atoms with E-state index in [1.807, 2.05) is 4.90 Å². The second-order valence-corrected chi connectivity index (χ2v) is 12.3. The van der Waals surface area contributed by atoms with Crippen LogP contribution < -0.4 is 5.73 Å². The molecule has 1 saturated heterocycles. The number of ether oxygens (including phenoxy) is 2. The number of phenolic OH excluding ortho intramolecular Hbond substituents is 1. The fourth-order valence-electron chi connectivity index (χ4n) is 7.76. The Bertz CT molecular complexity index is 1290. The molecule has 0 radical (unpaired) electrons. The molecule has 3 fully saturated rings. The molecule has 9 nitrogen and oxygen atoms in total. The summed E-state index contributed by atoms with van der Waals surface area (Å²) in [5.41, 5.74) is 6.69. The minimum Gasteiger partial charge on any atom is -0.507 e. The van der Waals surface area contributed by atoms with Crippen molar-refractivity contribution >= 4 is 29.1 Å². The maximum absolute atomic E-state index is 14.1. The quantitative estimate of drug-likeness (QED) is 0.512. The third-order valence-electron chi connectivity index (χ3n) is 9.83. The molecule has 5 atom stereocenters. The molecule has 210 valence electrons. The number of hydrogen-bond donors (Lipinski definition) is 2. The van der Waals surface area contributed by atoms with Crippen molar-refractivity contribution < 1.29 is 29.0 Å². The highest BCUT2D eigenvalue weighted by Gasteiger charge is 2.65. The molecule has 5 unspecified atom stereocenters. The first-order valence-corrected chi connectivity index (χ1v) is 14.3. The van der Waals surface area contributed by atoms with Crippen molar-refractivity contribution in [3.63, 3.8) is 0 Å². The summed E-state index contributed by atoms with van der Waals surface area (Å²) < 4.78 is 12.2. The van der Waals surface area contributed by atoms with Crippen molar-refractivity contribution in [3.05, 3.63) is 39.1 Å². The number of phenols is 1. The van der Waals surface area contributed by atoms with Gasteiger partial charge in [0.05, 0.1) is 11.6 Å². The van der Waals surface area contributed by atoms with Crippen LogP contribution >= 0.6 is 11.6 Å². The van der Waals surface area contributed by atoms with Gasteiger partial charge in [-0.05, 0) is 69.4 Å². The Labute approximate surface area is 233 Å². The molecule has 10 heteroatoms. The van der Waals surface area contributed by atoms with Crippen LogP contribution in [0.5, 0.6) is 5.75 Å². The van der Waals surface area contributed by atoms with Crippen LogP contribution in [0.15, 0.2) is 17.4 Å². The fourth-order valence-corrected chi connectivity index (χ4v) is 8.04. The molecule has 1 spiro atoms. The molecule has 2 saturated carbocycles. The van der Waals surface area contributed by atoms with Crippen LogP contribution in [0, 0.1) is 17.8 Å². The van der Waals surface area contributed by atoms with Crippen LogP contribution in [-0.2, 0) is 32.0 Å². The number of allylic oxidation sites excluding steroid dienone is 1. The summed E-state index contributed by atoms with van der Waals surface area (Å²) in [5, 5.41) is 11.7. The number of likely N-dealkylation sites (N-methyl/N-ethyl adjacent to an activating group) is 1. The number of carbonyl (C=O) groups excluding carboxylic acids is 3. The molecule has 1 aromatic carbocycles. The molecule has 39 heavy (non-hydrogen) atoms. The number of amides is 1. The first-order chi connectivity index (χ1) is 18.6. The lowest BCUT2D eigenvalue weighted by atomic mass is 9.57. The van der Waals surface area contributed by atoms with Crippen molar-refractivity contribution in [1.29, 1.82) is 0 Å². The lowest BCUT2D eigenvalue weighted by Gasteiger charge is -2.52. The van der Waals surface area contributed by atoms with Gasteiger partial charge in [-0.2, -0.15) is 0 Å². The number of aromatic hydroxyl groups is 1. The number of Topliss-reactive ketones (excluding diaryl/α,β-unsaturated/α-hetero) is 2. The maximum atomic E-state index is 14.1. The maximum Gasteiger partial charge on any atom is 0.228 e. The Balaban J connectivity index is 1.44. The van der Waals surface area contributed by atoms with Gasteiger partial charge in [-0.1, -0.05) is 24.9 Å². The van der Waals surface area contributed by atoms with Gasteiger partial charge in [-0.25, -0.2) is 0 Å². The number of ketones is 2.